The fraction of sp³-hybridized carbons (Fsp3) is 0.714. The van der Waals surface area contributed by atoms with E-state index in [4.69, 9.17) is 9.47 Å². The fourth-order valence-corrected chi connectivity index (χ4v) is 5.01. The summed E-state index contributed by atoms with van der Waals surface area (Å²) in [6.45, 7) is 11.0. The Labute approximate surface area is 214 Å². The van der Waals surface area contributed by atoms with Gasteiger partial charge in [-0.15, -0.1) is 0 Å². The largest absolute Gasteiger partial charge is 0.511 e. The van der Waals surface area contributed by atoms with Gasteiger partial charge in [0.05, 0.1) is 11.8 Å². The summed E-state index contributed by atoms with van der Waals surface area (Å²) < 4.78 is 10.8. The van der Waals surface area contributed by atoms with Crippen molar-refractivity contribution in [3.8, 4) is 0 Å². The normalized spacial score (nSPS) is 27.9. The SMILES string of the molecule is CC(C)[C@H]1OC(=O)C(=C(O)CCCCCCCCC(O)=C2C(=O)O[C@H](C(C)C)[C@@H](C)C2=O)C(=O)[C@@H]1C. The minimum absolute atomic E-state index is 0.0208. The Bertz CT molecular complexity index is 837. The van der Waals surface area contributed by atoms with E-state index in [-0.39, 0.29) is 58.9 Å². The highest BCUT2D eigenvalue weighted by atomic mass is 16.6. The molecule has 36 heavy (non-hydrogen) atoms. The van der Waals surface area contributed by atoms with Crippen molar-refractivity contribution in [3.63, 3.8) is 0 Å². The third-order valence-electron chi connectivity index (χ3n) is 7.17. The van der Waals surface area contributed by atoms with E-state index < -0.39 is 36.0 Å². The first kappa shape index (κ1) is 29.6. The Kier molecular flexibility index (Phi) is 10.7. The molecule has 0 bridgehead atoms. The van der Waals surface area contributed by atoms with E-state index in [9.17, 15) is 29.4 Å². The molecule has 2 fully saturated rings. The van der Waals surface area contributed by atoms with Crippen LogP contribution in [0.1, 0.15) is 92.9 Å². The van der Waals surface area contributed by atoms with Gasteiger partial charge in [0, 0.05) is 12.8 Å². The maximum atomic E-state index is 12.6. The number of carbonyl (C=O) groups is 4. The molecule has 2 aliphatic heterocycles. The second-order valence-corrected chi connectivity index (χ2v) is 10.8. The second-order valence-electron chi connectivity index (χ2n) is 10.8. The number of ether oxygens (including phenoxy) is 2. The molecule has 4 atom stereocenters. The van der Waals surface area contributed by atoms with Crippen LogP contribution in [0.3, 0.4) is 0 Å². The molecule has 0 amide bonds. The number of aliphatic hydroxyl groups is 2. The van der Waals surface area contributed by atoms with Crippen molar-refractivity contribution in [2.45, 2.75) is 105 Å². The maximum Gasteiger partial charge on any atom is 0.345 e. The van der Waals surface area contributed by atoms with Gasteiger partial charge in [0.15, 0.2) is 11.6 Å². The van der Waals surface area contributed by atoms with Gasteiger partial charge in [-0.3, -0.25) is 9.59 Å². The summed E-state index contributed by atoms with van der Waals surface area (Å²) in [6, 6.07) is 0. The van der Waals surface area contributed by atoms with Crippen LogP contribution in [0, 0.1) is 23.7 Å². The first-order valence-electron chi connectivity index (χ1n) is 13.2. The first-order chi connectivity index (χ1) is 16.9. The first-order valence-corrected chi connectivity index (χ1v) is 13.2. The number of carbonyl (C=O) groups excluding carboxylic acids is 4. The van der Waals surface area contributed by atoms with Gasteiger partial charge >= 0.3 is 11.9 Å². The molecule has 0 aromatic rings. The van der Waals surface area contributed by atoms with Gasteiger partial charge in [-0.05, 0) is 24.7 Å². The van der Waals surface area contributed by atoms with Gasteiger partial charge in [-0.1, -0.05) is 67.2 Å². The van der Waals surface area contributed by atoms with Gasteiger partial charge in [0.1, 0.15) is 34.9 Å². The highest BCUT2D eigenvalue weighted by Gasteiger charge is 2.42. The number of hydrogen-bond acceptors (Lipinski definition) is 8. The summed E-state index contributed by atoms with van der Waals surface area (Å²) >= 11 is 0. The molecule has 8 nitrogen and oxygen atoms in total. The summed E-state index contributed by atoms with van der Waals surface area (Å²) in [4.78, 5) is 49.7. The molecule has 8 heteroatoms. The minimum atomic E-state index is -0.738. The zero-order valence-electron chi connectivity index (χ0n) is 22.5. The van der Waals surface area contributed by atoms with Crippen LogP contribution in [0.2, 0.25) is 0 Å². The summed E-state index contributed by atoms with van der Waals surface area (Å²) in [5, 5.41) is 20.7. The van der Waals surface area contributed by atoms with Crippen molar-refractivity contribution in [1.82, 2.24) is 0 Å². The average molecular weight is 507 g/mol. The summed E-state index contributed by atoms with van der Waals surface area (Å²) in [6.07, 6.45) is 4.14. The van der Waals surface area contributed by atoms with Crippen molar-refractivity contribution >= 4 is 23.5 Å². The number of cyclic esters (lactones) is 2. The number of allylic oxidation sites excluding steroid dienone is 2. The lowest BCUT2D eigenvalue weighted by molar-refractivity contribution is -0.160. The zero-order chi connectivity index (χ0) is 27.2. The molecule has 0 aromatic heterocycles. The van der Waals surface area contributed by atoms with Crippen LogP contribution in [-0.4, -0.2) is 45.9 Å². The van der Waals surface area contributed by atoms with Crippen molar-refractivity contribution in [2.24, 2.45) is 23.7 Å². The van der Waals surface area contributed by atoms with E-state index >= 15 is 0 Å². The monoisotopic (exact) mass is 506 g/mol. The van der Waals surface area contributed by atoms with Gasteiger partial charge in [-0.25, -0.2) is 9.59 Å². The van der Waals surface area contributed by atoms with Crippen LogP contribution in [0.5, 0.6) is 0 Å². The molecular formula is C28H42O8. The van der Waals surface area contributed by atoms with E-state index in [1.807, 2.05) is 27.7 Å². The van der Waals surface area contributed by atoms with Crippen LogP contribution < -0.4 is 0 Å². The van der Waals surface area contributed by atoms with Gasteiger partial charge in [0.2, 0.25) is 0 Å². The lowest BCUT2D eigenvalue weighted by Gasteiger charge is -2.31. The molecule has 202 valence electrons. The van der Waals surface area contributed by atoms with E-state index in [2.05, 4.69) is 0 Å². The number of ketones is 2. The molecule has 0 aromatic carbocycles. The van der Waals surface area contributed by atoms with Crippen LogP contribution in [0.4, 0.5) is 0 Å². The van der Waals surface area contributed by atoms with Gasteiger partial charge in [0.25, 0.3) is 0 Å². The molecule has 0 aliphatic carbocycles. The Morgan fingerprint density at radius 2 is 0.944 bits per heavy atom. The minimum Gasteiger partial charge on any atom is -0.511 e. The van der Waals surface area contributed by atoms with Crippen LogP contribution in [0.15, 0.2) is 22.7 Å². The van der Waals surface area contributed by atoms with Crippen LogP contribution >= 0.6 is 0 Å². The van der Waals surface area contributed by atoms with Gasteiger partial charge in [-0.2, -0.15) is 0 Å². The van der Waals surface area contributed by atoms with Crippen LogP contribution in [-0.2, 0) is 28.7 Å². The molecule has 2 rings (SSSR count). The number of hydrogen-bond donors (Lipinski definition) is 2. The topological polar surface area (TPSA) is 127 Å². The molecule has 0 radical (unpaired) electrons. The van der Waals surface area contributed by atoms with E-state index in [0.717, 1.165) is 25.7 Å². The van der Waals surface area contributed by atoms with Crippen molar-refractivity contribution < 1.29 is 38.9 Å². The molecule has 2 aliphatic rings. The molecule has 0 spiro atoms. The molecule has 0 saturated carbocycles. The zero-order valence-corrected chi connectivity index (χ0v) is 22.5. The molecular weight excluding hydrogens is 464 g/mol. The third kappa shape index (κ3) is 6.98. The quantitative estimate of drug-likeness (QED) is 0.127. The highest BCUT2D eigenvalue weighted by Crippen LogP contribution is 2.31. The molecule has 2 N–H and O–H groups in total. The Hall–Kier alpha value is -2.64. The lowest BCUT2D eigenvalue weighted by Crippen LogP contribution is -2.43. The van der Waals surface area contributed by atoms with E-state index in [1.54, 1.807) is 13.8 Å². The molecule has 2 saturated heterocycles. The maximum absolute atomic E-state index is 12.6. The highest BCUT2D eigenvalue weighted by molar-refractivity contribution is 6.20. The number of Topliss-reactive ketones (excluding diaryl/α,β-unsaturated/α-hetero) is 2. The van der Waals surface area contributed by atoms with Crippen molar-refractivity contribution in [3.05, 3.63) is 22.7 Å². The predicted octanol–water partition coefficient (Wildman–Crippen LogP) is 5.30. The summed E-state index contributed by atoms with van der Waals surface area (Å²) in [5.74, 6) is -3.50. The summed E-state index contributed by atoms with van der Waals surface area (Å²) in [7, 11) is 0. The second kappa shape index (κ2) is 13.1. The average Bonchev–Trinajstić information content (AvgIpc) is 2.80. The van der Waals surface area contributed by atoms with Crippen LogP contribution in [0.25, 0.3) is 0 Å². The van der Waals surface area contributed by atoms with E-state index in [0.29, 0.717) is 12.8 Å². The summed E-state index contributed by atoms with van der Waals surface area (Å²) in [5.41, 5.74) is -0.430. The Balaban J connectivity index is 1.74. The number of unbranched alkanes of at least 4 members (excludes halogenated alkanes) is 5. The fourth-order valence-electron chi connectivity index (χ4n) is 5.01. The van der Waals surface area contributed by atoms with Crippen molar-refractivity contribution in [2.75, 3.05) is 0 Å². The molecule has 2 heterocycles. The van der Waals surface area contributed by atoms with Crippen molar-refractivity contribution in [1.29, 1.82) is 0 Å². The van der Waals surface area contributed by atoms with E-state index in [1.165, 1.54) is 0 Å². The Morgan fingerprint density at radius 3 is 1.25 bits per heavy atom. The Morgan fingerprint density at radius 1 is 0.639 bits per heavy atom. The third-order valence-corrected chi connectivity index (χ3v) is 7.17. The standard InChI is InChI=1S/C28H42O8/c1-15(2)25-17(5)23(31)21(27(33)35-25)19(29)13-11-9-7-8-10-12-14-20(30)22-24(32)18(6)26(16(3)4)36-28(22)34/h15-18,25-26,29-30H,7-14H2,1-6H3/t17-,18-,25+,26+/m0/s1. The predicted molar refractivity (Wildman–Crippen MR) is 134 cm³/mol. The number of rotatable bonds is 11. The lowest BCUT2D eigenvalue weighted by atomic mass is 9.84. The number of aliphatic hydroxyl groups excluding tert-OH is 2. The smallest absolute Gasteiger partial charge is 0.345 e. The number of esters is 2. The molecule has 0 unspecified atom stereocenters. The van der Waals surface area contributed by atoms with Gasteiger partial charge < -0.3 is 19.7 Å².